The topological polar surface area (TPSA) is 83.8 Å². The number of hydrogen-bond acceptors (Lipinski definition) is 8. The maximum absolute atomic E-state index is 17.3. The number of aromatic nitrogens is 3. The Hall–Kier alpha value is -3.85. The Morgan fingerprint density at radius 1 is 1.04 bits per heavy atom. The van der Waals surface area contributed by atoms with Crippen molar-refractivity contribution < 1.29 is 23.4 Å². The van der Waals surface area contributed by atoms with Gasteiger partial charge in [0.25, 0.3) is 0 Å². The number of benzene rings is 2. The summed E-state index contributed by atoms with van der Waals surface area (Å²) in [7, 11) is -2.11. The van der Waals surface area contributed by atoms with Crippen LogP contribution in [0.4, 0.5) is 14.6 Å². The van der Waals surface area contributed by atoms with Crippen LogP contribution in [0, 0.1) is 24.2 Å². The number of nitrogens with zero attached hydrogens (tertiary/aromatic N) is 5. The van der Waals surface area contributed by atoms with Crippen molar-refractivity contribution in [1.29, 1.82) is 0 Å². The van der Waals surface area contributed by atoms with Gasteiger partial charge in [-0.1, -0.05) is 59.6 Å². The molecule has 2 aromatic heterocycles. The average molecular weight is 742 g/mol. The number of ether oxygens (including phenoxy) is 2. The van der Waals surface area contributed by atoms with Gasteiger partial charge in [-0.05, 0) is 72.4 Å². The van der Waals surface area contributed by atoms with E-state index in [-0.39, 0.29) is 29.6 Å². The van der Waals surface area contributed by atoms with Crippen LogP contribution in [0.2, 0.25) is 16.6 Å². The van der Waals surface area contributed by atoms with Crippen LogP contribution < -0.4 is 9.64 Å². The van der Waals surface area contributed by atoms with Gasteiger partial charge in [-0.3, -0.25) is 9.88 Å². The molecule has 0 spiro atoms. The summed E-state index contributed by atoms with van der Waals surface area (Å²) in [5.41, 5.74) is 7.17. The highest BCUT2D eigenvalue weighted by Gasteiger charge is 2.49. The number of phenolic OH excluding ortho intramolecular Hbond substituents is 1. The number of pyridine rings is 1. The first-order chi connectivity index (χ1) is 25.3. The highest BCUT2D eigenvalue weighted by atomic mass is 28.3. The van der Waals surface area contributed by atoms with E-state index in [9.17, 15) is 9.50 Å². The summed E-state index contributed by atoms with van der Waals surface area (Å²) in [5, 5.41) is 13.0. The first kappa shape index (κ1) is 37.5. The number of rotatable bonds is 8. The van der Waals surface area contributed by atoms with E-state index in [0.29, 0.717) is 72.7 Å². The fraction of sp³-hybridized carbons (Fsp3) is 0.548. The van der Waals surface area contributed by atoms with Crippen molar-refractivity contribution in [3.8, 4) is 34.5 Å². The molecule has 0 unspecified atom stereocenters. The number of phenols is 1. The fourth-order valence-electron chi connectivity index (χ4n) is 9.63. The predicted octanol–water partition coefficient (Wildman–Crippen LogP) is 8.75. The number of anilines is 1. The number of hydrogen-bond donors (Lipinski definition) is 1. The minimum atomic E-state index is -2.11. The molecule has 3 fully saturated rings. The molecule has 3 aliphatic heterocycles. The Morgan fingerprint density at radius 3 is 2.57 bits per heavy atom. The first-order valence-corrected chi connectivity index (χ1v) is 21.6. The molecule has 1 N–H and O–H groups in total. The summed E-state index contributed by atoms with van der Waals surface area (Å²) in [6.45, 7) is 19.6. The van der Waals surface area contributed by atoms with E-state index in [1.54, 1.807) is 18.3 Å². The van der Waals surface area contributed by atoms with Gasteiger partial charge in [0.1, 0.15) is 43.6 Å². The van der Waals surface area contributed by atoms with E-state index in [1.165, 1.54) is 0 Å². The molecule has 11 heteroatoms. The molecule has 2 atom stereocenters. The van der Waals surface area contributed by atoms with Crippen molar-refractivity contribution in [3.63, 3.8) is 0 Å². The van der Waals surface area contributed by atoms with E-state index < -0.39 is 25.6 Å². The van der Waals surface area contributed by atoms with Crippen molar-refractivity contribution in [2.75, 3.05) is 50.9 Å². The minimum absolute atomic E-state index is 0.00638. The lowest BCUT2D eigenvalue weighted by atomic mass is 9.93. The maximum atomic E-state index is 17.3. The lowest BCUT2D eigenvalue weighted by Gasteiger charge is -2.38. The summed E-state index contributed by atoms with van der Waals surface area (Å²) in [4.78, 5) is 18.5. The van der Waals surface area contributed by atoms with Crippen LogP contribution >= 0.6 is 0 Å². The zero-order chi connectivity index (χ0) is 37.7. The lowest BCUT2D eigenvalue weighted by molar-refractivity contribution is 0.107. The van der Waals surface area contributed by atoms with Gasteiger partial charge in [-0.25, -0.2) is 8.78 Å². The second-order valence-electron chi connectivity index (χ2n) is 16.3. The average Bonchev–Trinajstić information content (AvgIpc) is 3.49. The molecule has 0 bridgehead atoms. The Kier molecular flexibility index (Phi) is 10.4. The smallest absolute Gasteiger partial charge is 0.319 e. The normalized spacial score (nSPS) is 21.1. The van der Waals surface area contributed by atoms with Crippen molar-refractivity contribution in [3.05, 3.63) is 47.4 Å². The Morgan fingerprint density at radius 2 is 1.81 bits per heavy atom. The van der Waals surface area contributed by atoms with E-state index >= 15 is 4.39 Å². The van der Waals surface area contributed by atoms with Crippen molar-refractivity contribution >= 4 is 35.6 Å². The molecular formula is C42H53F2N5O3Si. The molecule has 0 saturated carbocycles. The molecule has 0 amide bonds. The van der Waals surface area contributed by atoms with Gasteiger partial charge in [0, 0.05) is 55.4 Å². The molecule has 2 aromatic carbocycles. The molecule has 7 rings (SSSR count). The van der Waals surface area contributed by atoms with Gasteiger partial charge < -0.3 is 19.5 Å². The van der Waals surface area contributed by atoms with Gasteiger partial charge in [-0.15, -0.1) is 5.54 Å². The Balaban J connectivity index is 1.40. The van der Waals surface area contributed by atoms with E-state index in [2.05, 4.69) is 62.8 Å². The predicted molar refractivity (Wildman–Crippen MR) is 211 cm³/mol. The second kappa shape index (κ2) is 14.8. The van der Waals surface area contributed by atoms with Crippen LogP contribution in [0.1, 0.15) is 78.4 Å². The minimum Gasteiger partial charge on any atom is -0.508 e. The van der Waals surface area contributed by atoms with E-state index in [1.807, 2.05) is 19.1 Å². The van der Waals surface area contributed by atoms with Gasteiger partial charge in [-0.2, -0.15) is 9.97 Å². The van der Waals surface area contributed by atoms with Crippen LogP contribution in [0.5, 0.6) is 11.8 Å². The summed E-state index contributed by atoms with van der Waals surface area (Å²) in [6, 6.07) is 7.29. The molecule has 282 valence electrons. The number of fused-ring (bicyclic) bond motifs is 3. The Labute approximate surface area is 313 Å². The van der Waals surface area contributed by atoms with Gasteiger partial charge >= 0.3 is 6.01 Å². The van der Waals surface area contributed by atoms with E-state index in [0.717, 1.165) is 47.7 Å². The SMILES string of the molecule is Cc1ccc2cc(O)cc(-c3ncc4c(N5CCCOCC5)nc(OC[C@@]56CCCN5C[C@H](F)C6)nc4c3F)c2c1C#C[Si](C(C)C)(C(C)C)C(C)C. The fourth-order valence-corrected chi connectivity index (χ4v) is 14.8. The van der Waals surface area contributed by atoms with E-state index in [4.69, 9.17) is 24.4 Å². The zero-order valence-electron chi connectivity index (χ0n) is 32.2. The standard InChI is InChI=1S/C42H53F2N5O3Si/c1-26(2)53(27(3)4,28(5)6)19-12-33-29(7)10-11-30-20-32(50)21-34(36(30)33)38-37(44)39-35(23-45-38)40(48-14-9-17-51-18-16-48)47-41(46-39)52-25-42-13-8-15-49(42)24-31(43)22-42/h10-11,20-21,23,26-28,31,50H,8-9,13-18,22,24-25H2,1-7H3/t31-,42+/m1/s1. The van der Waals surface area contributed by atoms with Crippen molar-refractivity contribution in [1.82, 2.24) is 19.9 Å². The molecule has 0 aliphatic carbocycles. The van der Waals surface area contributed by atoms with Crippen LogP contribution in [-0.2, 0) is 4.74 Å². The zero-order valence-corrected chi connectivity index (χ0v) is 33.2. The van der Waals surface area contributed by atoms with Crippen LogP contribution in [0.25, 0.3) is 32.9 Å². The first-order valence-electron chi connectivity index (χ1n) is 19.4. The third-order valence-corrected chi connectivity index (χ3v) is 18.5. The van der Waals surface area contributed by atoms with Crippen molar-refractivity contribution in [2.45, 2.75) is 102 Å². The third-order valence-electron chi connectivity index (χ3n) is 12.2. The van der Waals surface area contributed by atoms with Gasteiger partial charge in [0.05, 0.1) is 17.5 Å². The largest absolute Gasteiger partial charge is 0.508 e. The second-order valence-corrected chi connectivity index (χ2v) is 21.9. The van der Waals surface area contributed by atoms with Crippen LogP contribution in [-0.4, -0.2) is 90.7 Å². The molecule has 53 heavy (non-hydrogen) atoms. The lowest BCUT2D eigenvalue weighted by Crippen LogP contribution is -2.43. The number of aryl methyl sites for hydroxylation is 1. The highest BCUT2D eigenvalue weighted by molar-refractivity contribution is 6.90. The summed E-state index contributed by atoms with van der Waals surface area (Å²) in [6.07, 6.45) is 3.75. The van der Waals surface area contributed by atoms with Crippen LogP contribution in [0.15, 0.2) is 30.5 Å². The molecule has 8 nitrogen and oxygen atoms in total. The molecule has 0 radical (unpaired) electrons. The van der Waals surface area contributed by atoms with Gasteiger partial charge in [0.2, 0.25) is 0 Å². The highest BCUT2D eigenvalue weighted by Crippen LogP contribution is 2.43. The molecule has 3 saturated heterocycles. The van der Waals surface area contributed by atoms with Gasteiger partial charge in [0.15, 0.2) is 5.82 Å². The summed E-state index contributed by atoms with van der Waals surface area (Å²) in [5.74, 6) is 3.55. The Bertz CT molecular complexity index is 2050. The molecule has 5 heterocycles. The number of aromatic hydroxyl groups is 1. The monoisotopic (exact) mass is 741 g/mol. The molecule has 3 aliphatic rings. The summed E-state index contributed by atoms with van der Waals surface area (Å²) < 4.78 is 44.0. The third kappa shape index (κ3) is 6.76. The van der Waals surface area contributed by atoms with Crippen molar-refractivity contribution in [2.24, 2.45) is 0 Å². The number of halogens is 2. The van der Waals surface area contributed by atoms with Crippen LogP contribution in [0.3, 0.4) is 0 Å². The summed E-state index contributed by atoms with van der Waals surface area (Å²) >= 11 is 0. The maximum Gasteiger partial charge on any atom is 0.319 e. The number of alkyl halides is 1. The molecule has 4 aromatic rings. The quantitative estimate of drug-likeness (QED) is 0.142. The molecular weight excluding hydrogens is 689 g/mol.